The molecule has 1 N–H and O–H groups in total. The van der Waals surface area contributed by atoms with E-state index in [-0.39, 0.29) is 17.8 Å². The first-order valence-electron chi connectivity index (χ1n) is 10.5. The molecule has 0 unspecified atom stereocenters. The van der Waals surface area contributed by atoms with E-state index in [1.165, 1.54) is 34.4 Å². The van der Waals surface area contributed by atoms with Crippen molar-refractivity contribution in [3.8, 4) is 0 Å². The zero-order valence-corrected chi connectivity index (χ0v) is 19.1. The van der Waals surface area contributed by atoms with Gasteiger partial charge in [-0.2, -0.15) is 0 Å². The molecule has 0 spiro atoms. The number of carbonyl (C=O) groups is 2. The molecule has 10 nitrogen and oxygen atoms in total. The number of morpholine rings is 1. The molecule has 174 valence electrons. The third-order valence-corrected chi connectivity index (χ3v) is 6.89. The van der Waals surface area contributed by atoms with E-state index in [0.717, 1.165) is 0 Å². The zero-order chi connectivity index (χ0) is 23.7. The third-order valence-electron chi connectivity index (χ3n) is 5.82. The van der Waals surface area contributed by atoms with Gasteiger partial charge in [-0.05, 0) is 19.4 Å². The molecule has 33 heavy (non-hydrogen) atoms. The summed E-state index contributed by atoms with van der Waals surface area (Å²) in [7, 11) is 0. The van der Waals surface area contributed by atoms with Crippen LogP contribution in [0.1, 0.15) is 32.0 Å². The number of aryl methyl sites for hydroxylation is 2. The second-order valence-electron chi connectivity index (χ2n) is 7.95. The summed E-state index contributed by atoms with van der Waals surface area (Å²) in [4.78, 5) is 45.6. The Morgan fingerprint density at radius 1 is 1.30 bits per heavy atom. The molecule has 11 heteroatoms. The SMILES string of the molecule is Cc1nc(C)c(C(=O)C2=C(O)C(=O)N(CCN3CCOCC3)[C@H]2c2cccc([N+](=O)[O-])c2)s1. The number of hydrogen-bond donors (Lipinski definition) is 1. The number of nitro benzene ring substituents is 1. The predicted molar refractivity (Wildman–Crippen MR) is 120 cm³/mol. The highest BCUT2D eigenvalue weighted by atomic mass is 32.1. The van der Waals surface area contributed by atoms with Crippen LogP contribution in [-0.4, -0.2) is 75.9 Å². The zero-order valence-electron chi connectivity index (χ0n) is 18.3. The van der Waals surface area contributed by atoms with Crippen LogP contribution < -0.4 is 0 Å². The Bertz CT molecular complexity index is 1140. The Morgan fingerprint density at radius 3 is 2.67 bits per heavy atom. The fourth-order valence-corrected chi connectivity index (χ4v) is 5.08. The number of carbonyl (C=O) groups excluding carboxylic acids is 2. The van der Waals surface area contributed by atoms with E-state index in [9.17, 15) is 24.8 Å². The van der Waals surface area contributed by atoms with Crippen molar-refractivity contribution in [2.24, 2.45) is 0 Å². The molecule has 1 saturated heterocycles. The Hall–Kier alpha value is -3.15. The minimum atomic E-state index is -0.937. The van der Waals surface area contributed by atoms with Gasteiger partial charge in [-0.1, -0.05) is 12.1 Å². The van der Waals surface area contributed by atoms with Crippen molar-refractivity contribution < 1.29 is 24.4 Å². The number of Topliss-reactive ketones (excluding diaryl/α,β-unsaturated/α-hetero) is 1. The lowest BCUT2D eigenvalue weighted by atomic mass is 9.94. The van der Waals surface area contributed by atoms with E-state index in [1.54, 1.807) is 19.9 Å². The molecule has 1 amide bonds. The number of nitro groups is 1. The molecule has 2 aromatic rings. The van der Waals surface area contributed by atoms with E-state index in [4.69, 9.17) is 4.74 Å². The molecule has 1 fully saturated rings. The number of aliphatic hydroxyl groups excluding tert-OH is 1. The maximum absolute atomic E-state index is 13.5. The van der Waals surface area contributed by atoms with Gasteiger partial charge >= 0.3 is 0 Å². The number of non-ortho nitro benzene ring substituents is 1. The Kier molecular flexibility index (Phi) is 6.54. The van der Waals surface area contributed by atoms with Crippen molar-refractivity contribution in [2.75, 3.05) is 39.4 Å². The highest BCUT2D eigenvalue weighted by molar-refractivity contribution is 7.14. The van der Waals surface area contributed by atoms with Crippen LogP contribution in [0.15, 0.2) is 35.6 Å². The average molecular weight is 473 g/mol. The Morgan fingerprint density at radius 2 is 2.03 bits per heavy atom. The number of aliphatic hydroxyl groups is 1. The Labute approximate surface area is 194 Å². The molecule has 1 aromatic carbocycles. The number of benzene rings is 1. The average Bonchev–Trinajstić information content (AvgIpc) is 3.28. The van der Waals surface area contributed by atoms with Crippen molar-refractivity contribution in [1.82, 2.24) is 14.8 Å². The van der Waals surface area contributed by atoms with Crippen LogP contribution in [-0.2, 0) is 9.53 Å². The van der Waals surface area contributed by atoms with Crippen LogP contribution in [0.2, 0.25) is 0 Å². The molecule has 0 bridgehead atoms. The summed E-state index contributed by atoms with van der Waals surface area (Å²) in [6, 6.07) is 4.89. The van der Waals surface area contributed by atoms with Gasteiger partial charge in [-0.25, -0.2) is 4.98 Å². The summed E-state index contributed by atoms with van der Waals surface area (Å²) in [6.07, 6.45) is 0. The third kappa shape index (κ3) is 4.52. The summed E-state index contributed by atoms with van der Waals surface area (Å²) in [5, 5.41) is 22.8. The molecule has 2 aliphatic rings. The first kappa shape index (κ1) is 23.0. The van der Waals surface area contributed by atoms with E-state index in [1.807, 2.05) is 0 Å². The second kappa shape index (κ2) is 9.38. The van der Waals surface area contributed by atoms with Crippen molar-refractivity contribution >= 4 is 28.7 Å². The number of amides is 1. The van der Waals surface area contributed by atoms with Gasteiger partial charge in [0.15, 0.2) is 5.76 Å². The fourth-order valence-electron chi connectivity index (χ4n) is 4.21. The standard InChI is InChI=1S/C22H24N4O6S/c1-13-21(33-14(2)23-13)19(27)17-18(15-4-3-5-16(12-15)26(30)31)25(22(29)20(17)28)7-6-24-8-10-32-11-9-24/h3-5,12,18,28H,6-11H2,1-2H3/t18-/m0/s1. The maximum Gasteiger partial charge on any atom is 0.290 e. The van der Waals surface area contributed by atoms with Crippen LogP contribution in [0.3, 0.4) is 0 Å². The molecule has 2 aliphatic heterocycles. The molecule has 0 saturated carbocycles. The number of hydrogen-bond acceptors (Lipinski definition) is 9. The molecule has 0 radical (unpaired) electrons. The Balaban J connectivity index is 1.73. The summed E-state index contributed by atoms with van der Waals surface area (Å²) >= 11 is 1.19. The summed E-state index contributed by atoms with van der Waals surface area (Å²) in [5.41, 5.74) is 0.677. The van der Waals surface area contributed by atoms with Gasteiger partial charge in [0.25, 0.3) is 11.6 Å². The quantitative estimate of drug-likeness (QED) is 0.370. The summed E-state index contributed by atoms with van der Waals surface area (Å²) in [6.45, 7) is 6.86. The molecule has 0 aliphatic carbocycles. The smallest absolute Gasteiger partial charge is 0.290 e. The topological polar surface area (TPSA) is 126 Å². The normalized spacial score (nSPS) is 19.4. The fraction of sp³-hybridized carbons (Fsp3) is 0.409. The molecule has 4 rings (SSSR count). The number of ketones is 1. The van der Waals surface area contributed by atoms with Crippen LogP contribution >= 0.6 is 11.3 Å². The van der Waals surface area contributed by atoms with Crippen LogP contribution in [0.4, 0.5) is 5.69 Å². The highest BCUT2D eigenvalue weighted by Crippen LogP contribution is 2.40. The minimum absolute atomic E-state index is 0.0748. The monoisotopic (exact) mass is 472 g/mol. The lowest BCUT2D eigenvalue weighted by molar-refractivity contribution is -0.384. The maximum atomic E-state index is 13.5. The van der Waals surface area contributed by atoms with Crippen LogP contribution in [0.25, 0.3) is 0 Å². The predicted octanol–water partition coefficient (Wildman–Crippen LogP) is 2.58. The molecular weight excluding hydrogens is 448 g/mol. The minimum Gasteiger partial charge on any atom is -0.503 e. The van der Waals surface area contributed by atoms with E-state index in [2.05, 4.69) is 9.88 Å². The van der Waals surface area contributed by atoms with Gasteiger partial charge in [0.05, 0.1) is 45.3 Å². The largest absolute Gasteiger partial charge is 0.503 e. The number of thiazole rings is 1. The van der Waals surface area contributed by atoms with Crippen molar-refractivity contribution in [2.45, 2.75) is 19.9 Å². The number of ether oxygens (including phenoxy) is 1. The summed E-state index contributed by atoms with van der Waals surface area (Å²) in [5.74, 6) is -1.78. The molecule has 3 heterocycles. The molecule has 1 atom stereocenters. The number of aromatic nitrogens is 1. The van der Waals surface area contributed by atoms with Gasteiger partial charge in [-0.3, -0.25) is 24.6 Å². The van der Waals surface area contributed by atoms with Crippen molar-refractivity contribution in [3.63, 3.8) is 0 Å². The van der Waals surface area contributed by atoms with Crippen LogP contribution in [0, 0.1) is 24.0 Å². The van der Waals surface area contributed by atoms with Gasteiger partial charge < -0.3 is 14.7 Å². The van der Waals surface area contributed by atoms with Crippen molar-refractivity contribution in [1.29, 1.82) is 0 Å². The van der Waals surface area contributed by atoms with E-state index >= 15 is 0 Å². The lowest BCUT2D eigenvalue weighted by Gasteiger charge is -2.31. The van der Waals surface area contributed by atoms with Gasteiger partial charge in [0.1, 0.15) is 0 Å². The molecule has 1 aromatic heterocycles. The lowest BCUT2D eigenvalue weighted by Crippen LogP contribution is -2.43. The van der Waals surface area contributed by atoms with Crippen molar-refractivity contribution in [3.05, 3.63) is 66.9 Å². The highest BCUT2D eigenvalue weighted by Gasteiger charge is 2.44. The number of nitrogens with zero attached hydrogens (tertiary/aromatic N) is 4. The number of rotatable bonds is 7. The van der Waals surface area contributed by atoms with Crippen LogP contribution in [0.5, 0.6) is 0 Å². The first-order chi connectivity index (χ1) is 15.8. The first-order valence-corrected chi connectivity index (χ1v) is 11.4. The second-order valence-corrected chi connectivity index (χ2v) is 9.15. The molecular formula is C22H24N4O6S. The van der Waals surface area contributed by atoms with E-state index < -0.39 is 28.4 Å². The van der Waals surface area contributed by atoms with Gasteiger partial charge in [-0.15, -0.1) is 11.3 Å². The van der Waals surface area contributed by atoms with Gasteiger partial charge in [0, 0.05) is 38.3 Å². The summed E-state index contributed by atoms with van der Waals surface area (Å²) < 4.78 is 5.36. The van der Waals surface area contributed by atoms with E-state index in [0.29, 0.717) is 54.0 Å². The van der Waals surface area contributed by atoms with Gasteiger partial charge in [0.2, 0.25) is 5.78 Å².